The van der Waals surface area contributed by atoms with E-state index in [4.69, 9.17) is 10.5 Å². The van der Waals surface area contributed by atoms with E-state index in [9.17, 15) is 0 Å². The zero-order valence-electron chi connectivity index (χ0n) is 11.6. The van der Waals surface area contributed by atoms with Gasteiger partial charge in [-0.2, -0.15) is 0 Å². The van der Waals surface area contributed by atoms with E-state index in [1.807, 2.05) is 0 Å². The smallest absolute Gasteiger partial charge is 0.0402 e. The van der Waals surface area contributed by atoms with Gasteiger partial charge in [-0.15, -0.1) is 0 Å². The SMILES string of the molecule is CCO.Cc1ccc(CC2CCCCC2=N)cc1. The average molecular weight is 247 g/mol. The van der Waals surface area contributed by atoms with Crippen LogP contribution in [-0.2, 0) is 6.42 Å². The van der Waals surface area contributed by atoms with Crippen LogP contribution in [0.3, 0.4) is 0 Å². The maximum atomic E-state index is 7.94. The Balaban J connectivity index is 0.000000492. The van der Waals surface area contributed by atoms with E-state index in [0.717, 1.165) is 18.6 Å². The molecule has 1 unspecified atom stereocenters. The second kappa shape index (κ2) is 8.04. The van der Waals surface area contributed by atoms with E-state index in [1.54, 1.807) is 6.92 Å². The number of benzene rings is 1. The summed E-state index contributed by atoms with van der Waals surface area (Å²) in [6, 6.07) is 8.75. The Morgan fingerprint density at radius 1 is 1.22 bits per heavy atom. The molecule has 0 amide bonds. The van der Waals surface area contributed by atoms with Crippen LogP contribution < -0.4 is 0 Å². The summed E-state index contributed by atoms with van der Waals surface area (Å²) in [5, 5.41) is 15.5. The van der Waals surface area contributed by atoms with Gasteiger partial charge in [-0.1, -0.05) is 36.2 Å². The van der Waals surface area contributed by atoms with E-state index in [-0.39, 0.29) is 6.61 Å². The van der Waals surface area contributed by atoms with Crippen LogP contribution in [0.1, 0.15) is 43.7 Å². The van der Waals surface area contributed by atoms with Crippen molar-refractivity contribution in [2.75, 3.05) is 6.61 Å². The molecule has 1 aliphatic carbocycles. The lowest BCUT2D eigenvalue weighted by Crippen LogP contribution is -2.20. The normalized spacial score (nSPS) is 19.1. The highest BCUT2D eigenvalue weighted by Gasteiger charge is 2.18. The first kappa shape index (κ1) is 14.9. The van der Waals surface area contributed by atoms with Crippen LogP contribution in [0.25, 0.3) is 0 Å². The Morgan fingerprint density at radius 3 is 2.39 bits per heavy atom. The van der Waals surface area contributed by atoms with Crippen LogP contribution in [0, 0.1) is 18.3 Å². The molecule has 2 nitrogen and oxygen atoms in total. The monoisotopic (exact) mass is 247 g/mol. The molecule has 0 spiro atoms. The van der Waals surface area contributed by atoms with Gasteiger partial charge in [-0.05, 0) is 45.1 Å². The van der Waals surface area contributed by atoms with E-state index in [1.165, 1.54) is 30.4 Å². The van der Waals surface area contributed by atoms with Gasteiger partial charge in [0.1, 0.15) is 0 Å². The third-order valence-electron chi connectivity index (χ3n) is 3.34. The summed E-state index contributed by atoms with van der Waals surface area (Å²) in [7, 11) is 0. The van der Waals surface area contributed by atoms with E-state index >= 15 is 0 Å². The highest BCUT2D eigenvalue weighted by molar-refractivity contribution is 5.84. The molecule has 2 N–H and O–H groups in total. The molecule has 0 bridgehead atoms. The molecule has 1 atom stereocenters. The van der Waals surface area contributed by atoms with Crippen molar-refractivity contribution in [2.45, 2.75) is 46.0 Å². The van der Waals surface area contributed by atoms with Crippen molar-refractivity contribution in [1.29, 1.82) is 5.41 Å². The Hall–Kier alpha value is -1.15. The van der Waals surface area contributed by atoms with E-state index in [0.29, 0.717) is 5.92 Å². The second-order valence-electron chi connectivity index (χ2n) is 4.97. The van der Waals surface area contributed by atoms with Crippen molar-refractivity contribution in [3.8, 4) is 0 Å². The third-order valence-corrected chi connectivity index (χ3v) is 3.34. The van der Waals surface area contributed by atoms with Crippen LogP contribution in [0.5, 0.6) is 0 Å². The number of aliphatic hydroxyl groups is 1. The van der Waals surface area contributed by atoms with Crippen molar-refractivity contribution in [3.63, 3.8) is 0 Å². The lowest BCUT2D eigenvalue weighted by atomic mass is 9.83. The first-order valence-corrected chi connectivity index (χ1v) is 6.91. The number of aryl methyl sites for hydroxylation is 1. The summed E-state index contributed by atoms with van der Waals surface area (Å²) >= 11 is 0. The maximum Gasteiger partial charge on any atom is 0.0402 e. The Morgan fingerprint density at radius 2 is 1.83 bits per heavy atom. The van der Waals surface area contributed by atoms with E-state index < -0.39 is 0 Å². The van der Waals surface area contributed by atoms with Crippen LogP contribution in [0.15, 0.2) is 24.3 Å². The number of nitrogens with one attached hydrogen (secondary N) is 1. The summed E-state index contributed by atoms with van der Waals surface area (Å²) in [5.74, 6) is 0.515. The molecule has 100 valence electrons. The first-order valence-electron chi connectivity index (χ1n) is 6.91. The summed E-state index contributed by atoms with van der Waals surface area (Å²) in [6.45, 7) is 4.05. The quantitative estimate of drug-likeness (QED) is 0.821. The lowest BCUT2D eigenvalue weighted by Gasteiger charge is -2.22. The number of rotatable bonds is 2. The summed E-state index contributed by atoms with van der Waals surface area (Å²) < 4.78 is 0. The molecular weight excluding hydrogens is 222 g/mol. The van der Waals surface area contributed by atoms with Crippen molar-refractivity contribution in [2.24, 2.45) is 5.92 Å². The van der Waals surface area contributed by atoms with Gasteiger partial charge in [0.05, 0.1) is 0 Å². The van der Waals surface area contributed by atoms with Gasteiger partial charge in [-0.25, -0.2) is 0 Å². The van der Waals surface area contributed by atoms with Crippen molar-refractivity contribution in [1.82, 2.24) is 0 Å². The number of hydrogen-bond donors (Lipinski definition) is 2. The topological polar surface area (TPSA) is 44.1 Å². The molecule has 1 fully saturated rings. The molecule has 0 aromatic heterocycles. The van der Waals surface area contributed by atoms with Gasteiger partial charge in [0.15, 0.2) is 0 Å². The van der Waals surface area contributed by atoms with E-state index in [2.05, 4.69) is 31.2 Å². The molecular formula is C16H25NO. The average Bonchev–Trinajstić information content (AvgIpc) is 2.36. The second-order valence-corrected chi connectivity index (χ2v) is 4.97. The molecule has 1 saturated carbocycles. The van der Waals surface area contributed by atoms with Crippen LogP contribution in [-0.4, -0.2) is 17.4 Å². The van der Waals surface area contributed by atoms with Gasteiger partial charge in [0.25, 0.3) is 0 Å². The molecule has 0 heterocycles. The minimum Gasteiger partial charge on any atom is -0.397 e. The maximum absolute atomic E-state index is 7.94. The minimum absolute atomic E-state index is 0.250. The lowest BCUT2D eigenvalue weighted by molar-refractivity contribution is 0.318. The number of aliphatic hydroxyl groups excluding tert-OH is 1. The molecule has 1 aliphatic rings. The fourth-order valence-electron chi connectivity index (χ4n) is 2.32. The molecule has 18 heavy (non-hydrogen) atoms. The predicted octanol–water partition coefficient (Wildman–Crippen LogP) is 3.75. The van der Waals surface area contributed by atoms with Crippen molar-refractivity contribution in [3.05, 3.63) is 35.4 Å². The molecule has 1 aromatic carbocycles. The zero-order valence-corrected chi connectivity index (χ0v) is 11.6. The fourth-order valence-corrected chi connectivity index (χ4v) is 2.32. The highest BCUT2D eigenvalue weighted by Crippen LogP contribution is 2.24. The molecule has 2 rings (SSSR count). The standard InChI is InChI=1S/C14H19N.C2H6O/c1-11-6-8-12(9-7-11)10-13-4-2-3-5-14(13)15;1-2-3/h6-9,13,15H,2-5,10H2,1H3;3H,2H2,1H3. The van der Waals surface area contributed by atoms with Crippen LogP contribution >= 0.6 is 0 Å². The summed E-state index contributed by atoms with van der Waals surface area (Å²) in [5.41, 5.74) is 3.68. The Kier molecular flexibility index (Phi) is 6.66. The van der Waals surface area contributed by atoms with Gasteiger partial charge in [-0.3, -0.25) is 0 Å². The third kappa shape index (κ3) is 5.01. The fraction of sp³-hybridized carbons (Fsp3) is 0.562. The molecule has 0 aliphatic heterocycles. The van der Waals surface area contributed by atoms with Gasteiger partial charge in [0.2, 0.25) is 0 Å². The van der Waals surface area contributed by atoms with Gasteiger partial charge < -0.3 is 10.5 Å². The molecule has 0 saturated heterocycles. The van der Waals surface area contributed by atoms with Crippen LogP contribution in [0.4, 0.5) is 0 Å². The summed E-state index contributed by atoms with van der Waals surface area (Å²) in [6.07, 6.45) is 5.84. The van der Waals surface area contributed by atoms with Crippen molar-refractivity contribution >= 4 is 5.71 Å². The largest absolute Gasteiger partial charge is 0.397 e. The molecule has 0 radical (unpaired) electrons. The zero-order chi connectivity index (χ0) is 13.4. The van der Waals surface area contributed by atoms with Crippen molar-refractivity contribution < 1.29 is 5.11 Å². The Labute approximate surface area is 111 Å². The van der Waals surface area contributed by atoms with Gasteiger partial charge in [0, 0.05) is 18.2 Å². The Bertz CT molecular complexity index is 356. The number of hydrogen-bond acceptors (Lipinski definition) is 2. The molecule has 2 heteroatoms. The molecule has 1 aromatic rings. The summed E-state index contributed by atoms with van der Waals surface area (Å²) in [4.78, 5) is 0. The predicted molar refractivity (Wildman–Crippen MR) is 77.3 cm³/mol. The van der Waals surface area contributed by atoms with Crippen LogP contribution in [0.2, 0.25) is 0 Å². The highest BCUT2D eigenvalue weighted by atomic mass is 16.2. The first-order chi connectivity index (χ1) is 8.67. The van der Waals surface area contributed by atoms with Gasteiger partial charge >= 0.3 is 0 Å². The minimum atomic E-state index is 0.250.